The van der Waals surface area contributed by atoms with Gasteiger partial charge in [0.15, 0.2) is 17.0 Å². The topological polar surface area (TPSA) is 120 Å². The molecule has 0 spiro atoms. The predicted molar refractivity (Wildman–Crippen MR) is 89.8 cm³/mol. The Balaban J connectivity index is 2.61. The summed E-state index contributed by atoms with van der Waals surface area (Å²) in [6.45, 7) is 6.56. The third kappa shape index (κ3) is 3.56. The number of amides is 1. The summed E-state index contributed by atoms with van der Waals surface area (Å²) < 4.78 is 2.80. The van der Waals surface area contributed by atoms with E-state index in [1.807, 2.05) is 0 Å². The molecule has 0 aliphatic rings. The Bertz CT molecular complexity index is 841. The van der Waals surface area contributed by atoms with Gasteiger partial charge < -0.3 is 15.2 Å². The Morgan fingerprint density at radius 1 is 1.25 bits per heavy atom. The molecule has 2 rings (SSSR count). The normalized spacial score (nSPS) is 11.5. The Labute approximate surface area is 139 Å². The smallest absolute Gasteiger partial charge is 0.329 e. The molecule has 2 aromatic rings. The fraction of sp³-hybridized carbons (Fsp3) is 0.600. The maximum Gasteiger partial charge on any atom is 0.329 e. The summed E-state index contributed by atoms with van der Waals surface area (Å²) in [4.78, 5) is 43.5. The number of nitrogens with zero attached hydrogens (tertiary/aromatic N) is 3. The molecule has 0 fully saturated rings. The van der Waals surface area contributed by atoms with E-state index in [0.29, 0.717) is 12.4 Å². The average molecular weight is 337 g/mol. The molecular formula is C15H25N6O3+. The van der Waals surface area contributed by atoms with Crippen LogP contribution < -0.4 is 21.9 Å². The molecule has 2 aromatic heterocycles. The predicted octanol–water partition coefficient (Wildman–Crippen LogP) is -1.89. The molecule has 4 N–H and O–H groups in total. The van der Waals surface area contributed by atoms with Crippen molar-refractivity contribution in [1.82, 2.24) is 19.1 Å². The summed E-state index contributed by atoms with van der Waals surface area (Å²) in [6.07, 6.45) is 2.04. The summed E-state index contributed by atoms with van der Waals surface area (Å²) in [5, 5.41) is 0. The Hall–Kier alpha value is -2.42. The van der Waals surface area contributed by atoms with E-state index in [2.05, 4.69) is 23.8 Å². The van der Waals surface area contributed by atoms with E-state index < -0.39 is 17.2 Å². The largest absolute Gasteiger partial charge is 0.368 e. The van der Waals surface area contributed by atoms with Crippen LogP contribution >= 0.6 is 0 Å². The van der Waals surface area contributed by atoms with Gasteiger partial charge in [0.05, 0.1) is 13.1 Å². The Kier molecular flexibility index (Phi) is 5.55. The van der Waals surface area contributed by atoms with Crippen molar-refractivity contribution < 1.29 is 9.69 Å². The highest BCUT2D eigenvalue weighted by Gasteiger charge is 2.21. The van der Waals surface area contributed by atoms with E-state index in [0.717, 1.165) is 25.9 Å². The van der Waals surface area contributed by atoms with Gasteiger partial charge in [-0.05, 0) is 12.8 Å². The second kappa shape index (κ2) is 7.43. The summed E-state index contributed by atoms with van der Waals surface area (Å²) >= 11 is 0. The van der Waals surface area contributed by atoms with Crippen LogP contribution in [0.4, 0.5) is 0 Å². The van der Waals surface area contributed by atoms with Crippen LogP contribution in [0.1, 0.15) is 32.5 Å². The molecule has 0 saturated heterocycles. The number of hydrogen-bond donors (Lipinski definition) is 3. The summed E-state index contributed by atoms with van der Waals surface area (Å²) in [7, 11) is 1.54. The first-order chi connectivity index (χ1) is 11.4. The van der Waals surface area contributed by atoms with E-state index in [9.17, 15) is 14.4 Å². The maximum absolute atomic E-state index is 12.2. The fourth-order valence-corrected chi connectivity index (χ4v) is 2.97. The zero-order valence-electron chi connectivity index (χ0n) is 14.4. The van der Waals surface area contributed by atoms with Crippen molar-refractivity contribution in [3.8, 4) is 0 Å². The molecule has 9 heteroatoms. The van der Waals surface area contributed by atoms with E-state index >= 15 is 0 Å². The number of hydrogen-bond acceptors (Lipinski definition) is 4. The number of nitrogens with one attached hydrogen (secondary N) is 2. The van der Waals surface area contributed by atoms with Gasteiger partial charge in [0.25, 0.3) is 5.56 Å². The van der Waals surface area contributed by atoms with E-state index in [-0.39, 0.29) is 17.7 Å². The first-order valence-electron chi connectivity index (χ1n) is 8.19. The number of quaternary nitrogens is 1. The second-order valence-corrected chi connectivity index (χ2v) is 6.00. The van der Waals surface area contributed by atoms with Crippen molar-refractivity contribution in [2.75, 3.05) is 13.1 Å². The highest BCUT2D eigenvalue weighted by Crippen LogP contribution is 2.10. The number of rotatable bonds is 8. The number of aromatic nitrogens is 4. The van der Waals surface area contributed by atoms with Crippen LogP contribution in [0.3, 0.4) is 0 Å². The molecule has 0 aliphatic heterocycles. The van der Waals surface area contributed by atoms with Crippen LogP contribution in [0.2, 0.25) is 0 Å². The first-order valence-corrected chi connectivity index (χ1v) is 8.19. The lowest BCUT2D eigenvalue weighted by Crippen LogP contribution is -3.10. The zero-order chi connectivity index (χ0) is 17.9. The standard InChI is InChI=1S/C15H24N6O3/c1-4-6-20(7-5-2)9-11-17-13-12(21(11)8-10(16)22)14(23)18-15(24)19(13)3/h4-9H2,1-3H3,(H2,16,22)(H,18,23,24)/p+1. The van der Waals surface area contributed by atoms with Crippen molar-refractivity contribution in [3.63, 3.8) is 0 Å². The number of carbonyl (C=O) groups is 1. The van der Waals surface area contributed by atoms with Crippen LogP contribution in [0.25, 0.3) is 11.2 Å². The van der Waals surface area contributed by atoms with Gasteiger partial charge in [0, 0.05) is 7.05 Å². The summed E-state index contributed by atoms with van der Waals surface area (Å²) in [5.74, 6) is 0.0312. The lowest BCUT2D eigenvalue weighted by atomic mass is 10.3. The molecule has 0 unspecified atom stereocenters. The minimum absolute atomic E-state index is 0.140. The second-order valence-electron chi connectivity index (χ2n) is 6.00. The van der Waals surface area contributed by atoms with Gasteiger partial charge in [0.1, 0.15) is 13.1 Å². The highest BCUT2D eigenvalue weighted by molar-refractivity contribution is 5.78. The monoisotopic (exact) mass is 337 g/mol. The molecule has 9 nitrogen and oxygen atoms in total. The number of H-pyrrole nitrogens is 1. The lowest BCUT2D eigenvalue weighted by molar-refractivity contribution is -0.914. The molecule has 0 bridgehead atoms. The third-order valence-electron chi connectivity index (χ3n) is 4.02. The minimum Gasteiger partial charge on any atom is -0.368 e. The molecule has 0 radical (unpaired) electrons. The van der Waals surface area contributed by atoms with Crippen LogP contribution in [0.5, 0.6) is 0 Å². The van der Waals surface area contributed by atoms with Crippen LogP contribution in [0.15, 0.2) is 9.59 Å². The molecule has 0 saturated carbocycles. The third-order valence-corrected chi connectivity index (χ3v) is 4.02. The number of primary amides is 1. The molecule has 24 heavy (non-hydrogen) atoms. The summed E-state index contributed by atoms with van der Waals surface area (Å²) in [6, 6.07) is 0. The number of nitrogens with two attached hydrogens (primary N) is 1. The van der Waals surface area contributed by atoms with Gasteiger partial charge in [0.2, 0.25) is 5.91 Å². The molecule has 132 valence electrons. The Morgan fingerprint density at radius 2 is 1.88 bits per heavy atom. The van der Waals surface area contributed by atoms with Gasteiger partial charge in [-0.1, -0.05) is 13.8 Å². The number of fused-ring (bicyclic) bond motifs is 1. The van der Waals surface area contributed by atoms with Crippen molar-refractivity contribution in [3.05, 3.63) is 26.7 Å². The van der Waals surface area contributed by atoms with E-state index in [1.54, 1.807) is 0 Å². The average Bonchev–Trinajstić information content (AvgIpc) is 2.84. The van der Waals surface area contributed by atoms with E-state index in [1.165, 1.54) is 21.1 Å². The SMILES string of the molecule is CCC[NH+](CCC)Cc1nc2c(c(=O)[nH]c(=O)n2C)n1CC(N)=O. The molecular weight excluding hydrogens is 312 g/mol. The highest BCUT2D eigenvalue weighted by atomic mass is 16.2. The van der Waals surface area contributed by atoms with Crippen molar-refractivity contribution in [2.24, 2.45) is 12.8 Å². The van der Waals surface area contributed by atoms with Gasteiger partial charge in [-0.2, -0.15) is 0 Å². The number of carbonyl (C=O) groups excluding carboxylic acids is 1. The summed E-state index contributed by atoms with van der Waals surface area (Å²) in [5.41, 5.74) is 4.72. The van der Waals surface area contributed by atoms with E-state index in [4.69, 9.17) is 5.73 Å². The fourth-order valence-electron chi connectivity index (χ4n) is 2.97. The van der Waals surface area contributed by atoms with Gasteiger partial charge in [-0.15, -0.1) is 0 Å². The molecule has 2 heterocycles. The van der Waals surface area contributed by atoms with Gasteiger partial charge in [-0.3, -0.25) is 19.1 Å². The molecule has 0 aromatic carbocycles. The zero-order valence-corrected chi connectivity index (χ0v) is 14.4. The first kappa shape index (κ1) is 17.9. The molecule has 0 atom stereocenters. The molecule has 0 aliphatic carbocycles. The van der Waals surface area contributed by atoms with Crippen LogP contribution in [-0.2, 0) is 24.9 Å². The number of aryl methyl sites for hydroxylation is 1. The van der Waals surface area contributed by atoms with Gasteiger partial charge >= 0.3 is 5.69 Å². The van der Waals surface area contributed by atoms with Crippen LogP contribution in [0, 0.1) is 0 Å². The van der Waals surface area contributed by atoms with Gasteiger partial charge in [-0.25, -0.2) is 9.78 Å². The maximum atomic E-state index is 12.2. The quantitative estimate of drug-likeness (QED) is 0.522. The van der Waals surface area contributed by atoms with Crippen molar-refractivity contribution in [2.45, 2.75) is 39.8 Å². The minimum atomic E-state index is -0.559. The lowest BCUT2D eigenvalue weighted by Gasteiger charge is -2.18. The Morgan fingerprint density at radius 3 is 2.42 bits per heavy atom. The van der Waals surface area contributed by atoms with Crippen molar-refractivity contribution >= 4 is 17.1 Å². The van der Waals surface area contributed by atoms with Crippen molar-refractivity contribution in [1.29, 1.82) is 0 Å². The number of aromatic amines is 1. The van der Waals surface area contributed by atoms with Crippen LogP contribution in [-0.4, -0.2) is 38.1 Å². The number of imidazole rings is 1. The molecule has 1 amide bonds.